The van der Waals surface area contributed by atoms with Gasteiger partial charge in [-0.1, -0.05) is 42.5 Å². The molecule has 1 N–H and O–H groups in total. The van der Waals surface area contributed by atoms with Crippen molar-refractivity contribution in [3.05, 3.63) is 92.6 Å². The van der Waals surface area contributed by atoms with Gasteiger partial charge in [0.15, 0.2) is 0 Å². The van der Waals surface area contributed by atoms with Crippen molar-refractivity contribution in [1.82, 2.24) is 0 Å². The summed E-state index contributed by atoms with van der Waals surface area (Å²) >= 11 is 2.22. The topological polar surface area (TPSA) is 62.1 Å². The highest BCUT2D eigenvalue weighted by atomic mass is 127. The van der Waals surface area contributed by atoms with Crippen molar-refractivity contribution in [3.63, 3.8) is 0 Å². The van der Waals surface area contributed by atoms with Crippen LogP contribution in [0.3, 0.4) is 0 Å². The van der Waals surface area contributed by atoms with E-state index in [9.17, 15) is 10.1 Å². The van der Waals surface area contributed by atoms with Gasteiger partial charge in [0, 0.05) is 22.4 Å². The second kappa shape index (κ2) is 7.87. The lowest BCUT2D eigenvalue weighted by atomic mass is 10.0. The first-order chi connectivity index (χ1) is 13.7. The minimum absolute atomic E-state index is 0.0929. The summed E-state index contributed by atoms with van der Waals surface area (Å²) in [5, 5.41) is 12.1. The van der Waals surface area contributed by atoms with Crippen LogP contribution in [0.5, 0.6) is 5.75 Å². The van der Waals surface area contributed by atoms with E-state index >= 15 is 0 Å². The Labute approximate surface area is 176 Å². The van der Waals surface area contributed by atoms with Gasteiger partial charge < -0.3 is 10.1 Å². The Bertz CT molecular complexity index is 1150. The molecule has 1 aliphatic rings. The Hall–Kier alpha value is -3.11. The Morgan fingerprint density at radius 2 is 1.86 bits per heavy atom. The van der Waals surface area contributed by atoms with E-state index in [0.29, 0.717) is 17.7 Å². The predicted molar refractivity (Wildman–Crippen MR) is 118 cm³/mol. The third-order valence-corrected chi connectivity index (χ3v) is 5.34. The van der Waals surface area contributed by atoms with Crippen molar-refractivity contribution in [2.75, 3.05) is 5.32 Å². The van der Waals surface area contributed by atoms with Gasteiger partial charge in [0.25, 0.3) is 5.91 Å². The summed E-state index contributed by atoms with van der Waals surface area (Å²) in [5.41, 5.74) is 4.80. The second-order valence-corrected chi connectivity index (χ2v) is 7.47. The van der Waals surface area contributed by atoms with Gasteiger partial charge in [-0.3, -0.25) is 4.79 Å². The molecule has 3 aromatic rings. The molecule has 4 rings (SSSR count). The molecular formula is C23H15IN2O2. The maximum absolute atomic E-state index is 12.3. The van der Waals surface area contributed by atoms with Gasteiger partial charge in [0.1, 0.15) is 12.4 Å². The molecule has 0 saturated heterocycles. The highest BCUT2D eigenvalue weighted by Gasteiger charge is 2.23. The van der Waals surface area contributed by atoms with Crippen LogP contribution in [-0.2, 0) is 11.4 Å². The fourth-order valence-electron chi connectivity index (χ4n) is 3.08. The van der Waals surface area contributed by atoms with E-state index in [4.69, 9.17) is 4.74 Å². The lowest BCUT2D eigenvalue weighted by Crippen LogP contribution is -2.03. The summed E-state index contributed by atoms with van der Waals surface area (Å²) in [6, 6.07) is 23.0. The number of nitrogens with zero attached hydrogens (tertiary/aromatic N) is 1. The summed E-state index contributed by atoms with van der Waals surface area (Å²) in [6.45, 7) is 0.329. The number of hydrogen-bond donors (Lipinski definition) is 1. The molecule has 0 atom stereocenters. The molecule has 0 aromatic heterocycles. The molecule has 1 amide bonds. The van der Waals surface area contributed by atoms with Crippen LogP contribution in [0.2, 0.25) is 0 Å². The van der Waals surface area contributed by atoms with Crippen LogP contribution in [0, 0.1) is 14.9 Å². The molecule has 0 spiro atoms. The first-order valence-corrected chi connectivity index (χ1v) is 9.76. The third kappa shape index (κ3) is 3.64. The molecule has 1 aliphatic heterocycles. The number of halogens is 1. The number of carbonyl (C=O) groups is 1. The Morgan fingerprint density at radius 1 is 1.07 bits per heavy atom. The number of hydrogen-bond acceptors (Lipinski definition) is 3. The summed E-state index contributed by atoms with van der Waals surface area (Å²) in [7, 11) is 0. The molecule has 28 heavy (non-hydrogen) atoms. The third-order valence-electron chi connectivity index (χ3n) is 4.50. The number of fused-ring (bicyclic) bond motifs is 1. The minimum atomic E-state index is -0.0929. The first kappa shape index (κ1) is 18.3. The highest BCUT2D eigenvalue weighted by Crippen LogP contribution is 2.33. The number of anilines is 1. The van der Waals surface area contributed by atoms with Crippen LogP contribution >= 0.6 is 22.6 Å². The molecule has 0 unspecified atom stereocenters. The standard InChI is InChI=1S/C23H15IN2O2/c24-20-12-15(11-19-18-7-3-4-8-21(18)26-23(19)27)9-10-22(20)28-14-17-6-2-1-5-16(17)13-25/h1-12H,14H2,(H,26,27)/b19-11-. The molecule has 0 radical (unpaired) electrons. The Kier molecular flexibility index (Phi) is 5.13. The SMILES string of the molecule is N#Cc1ccccc1COc1ccc(/C=C2\C(=O)Nc3ccccc32)cc1I. The largest absolute Gasteiger partial charge is 0.488 e. The Balaban J connectivity index is 1.56. The minimum Gasteiger partial charge on any atom is -0.488 e. The van der Waals surface area contributed by atoms with Crippen molar-refractivity contribution in [2.24, 2.45) is 0 Å². The Morgan fingerprint density at radius 3 is 2.68 bits per heavy atom. The van der Waals surface area contributed by atoms with E-state index in [-0.39, 0.29) is 5.91 Å². The maximum atomic E-state index is 12.3. The molecule has 5 heteroatoms. The van der Waals surface area contributed by atoms with E-state index < -0.39 is 0 Å². The second-order valence-electron chi connectivity index (χ2n) is 6.31. The van der Waals surface area contributed by atoms with Crippen LogP contribution in [0.25, 0.3) is 11.6 Å². The molecule has 1 heterocycles. The first-order valence-electron chi connectivity index (χ1n) is 8.68. The average Bonchev–Trinajstić information content (AvgIpc) is 3.03. The monoisotopic (exact) mass is 478 g/mol. The predicted octanol–water partition coefficient (Wildman–Crippen LogP) is 5.23. The molecule has 3 aromatic carbocycles. The van der Waals surface area contributed by atoms with Crippen molar-refractivity contribution in [1.29, 1.82) is 5.26 Å². The summed E-state index contributed by atoms with van der Waals surface area (Å²) < 4.78 is 6.85. The number of para-hydroxylation sites is 1. The zero-order valence-electron chi connectivity index (χ0n) is 14.8. The van der Waals surface area contributed by atoms with Crippen LogP contribution in [0.15, 0.2) is 66.7 Å². The van der Waals surface area contributed by atoms with Crippen LogP contribution in [0.1, 0.15) is 22.3 Å². The molecular weight excluding hydrogens is 463 g/mol. The van der Waals surface area contributed by atoms with Gasteiger partial charge in [-0.25, -0.2) is 0 Å². The quantitative estimate of drug-likeness (QED) is 0.413. The van der Waals surface area contributed by atoms with Crippen molar-refractivity contribution < 1.29 is 9.53 Å². The zero-order chi connectivity index (χ0) is 19.5. The van der Waals surface area contributed by atoms with E-state index in [1.165, 1.54) is 0 Å². The zero-order valence-corrected chi connectivity index (χ0v) is 16.9. The normalized spacial score (nSPS) is 13.7. The summed E-state index contributed by atoms with van der Waals surface area (Å²) in [6.07, 6.45) is 1.89. The van der Waals surface area contributed by atoms with Crippen molar-refractivity contribution >= 4 is 45.8 Å². The lowest BCUT2D eigenvalue weighted by molar-refractivity contribution is -0.110. The molecule has 0 aliphatic carbocycles. The van der Waals surface area contributed by atoms with Crippen LogP contribution in [0.4, 0.5) is 5.69 Å². The highest BCUT2D eigenvalue weighted by molar-refractivity contribution is 14.1. The number of nitriles is 1. The lowest BCUT2D eigenvalue weighted by Gasteiger charge is -2.10. The number of carbonyl (C=O) groups excluding carboxylic acids is 1. The number of rotatable bonds is 4. The van der Waals surface area contributed by atoms with Gasteiger partial charge in [0.2, 0.25) is 0 Å². The van der Waals surface area contributed by atoms with Crippen molar-refractivity contribution in [2.45, 2.75) is 6.61 Å². The molecule has 0 saturated carbocycles. The fraction of sp³-hybridized carbons (Fsp3) is 0.0435. The number of ether oxygens (including phenoxy) is 1. The van der Waals surface area contributed by atoms with Crippen LogP contribution in [-0.4, -0.2) is 5.91 Å². The smallest absolute Gasteiger partial charge is 0.256 e. The molecule has 0 fully saturated rings. The van der Waals surface area contributed by atoms with Gasteiger partial charge in [-0.15, -0.1) is 0 Å². The number of benzene rings is 3. The molecule has 4 nitrogen and oxygen atoms in total. The fourth-order valence-corrected chi connectivity index (χ4v) is 3.78. The van der Waals surface area contributed by atoms with Gasteiger partial charge >= 0.3 is 0 Å². The van der Waals surface area contributed by atoms with E-state index in [0.717, 1.165) is 31.7 Å². The summed E-state index contributed by atoms with van der Waals surface area (Å²) in [4.78, 5) is 12.3. The number of nitrogens with one attached hydrogen (secondary N) is 1. The van der Waals surface area contributed by atoms with Gasteiger partial charge in [-0.05, 0) is 58.5 Å². The number of amides is 1. The molecule has 0 bridgehead atoms. The van der Waals surface area contributed by atoms with Crippen molar-refractivity contribution in [3.8, 4) is 11.8 Å². The van der Waals surface area contributed by atoms with Gasteiger partial charge in [-0.2, -0.15) is 5.26 Å². The van der Waals surface area contributed by atoms with E-state index in [2.05, 4.69) is 34.0 Å². The average molecular weight is 478 g/mol. The molecule has 136 valence electrons. The van der Waals surface area contributed by atoms with Crippen LogP contribution < -0.4 is 10.1 Å². The summed E-state index contributed by atoms with van der Waals surface area (Å²) in [5.74, 6) is 0.649. The van der Waals surface area contributed by atoms with Gasteiger partial charge in [0.05, 0.1) is 15.2 Å². The maximum Gasteiger partial charge on any atom is 0.256 e. The van der Waals surface area contributed by atoms with E-state index in [1.807, 2.05) is 66.7 Å². The van der Waals surface area contributed by atoms with E-state index in [1.54, 1.807) is 6.07 Å².